The second-order valence-electron chi connectivity index (χ2n) is 4.42. The number of hydrogen-bond acceptors (Lipinski definition) is 4. The molecule has 90 valence electrons. The number of rotatable bonds is 4. The number of thiazole rings is 1. The number of nitrogens with zero attached hydrogens (tertiary/aromatic N) is 3. The molecule has 3 rings (SSSR count). The SMILES string of the molecule is c1cn(C2CCCC2)c(NCc2cncs2)n1. The fraction of sp³-hybridized carbons (Fsp3) is 0.500. The number of anilines is 1. The van der Waals surface area contributed by atoms with E-state index in [0.29, 0.717) is 6.04 Å². The first-order chi connectivity index (χ1) is 8.43. The number of aromatic nitrogens is 3. The van der Waals surface area contributed by atoms with Gasteiger partial charge in [-0.2, -0.15) is 0 Å². The van der Waals surface area contributed by atoms with Crippen molar-refractivity contribution in [3.63, 3.8) is 0 Å². The minimum Gasteiger partial charge on any atom is -0.351 e. The predicted octanol–water partition coefficient (Wildman–Crippen LogP) is 3.07. The summed E-state index contributed by atoms with van der Waals surface area (Å²) in [6, 6.07) is 0.640. The van der Waals surface area contributed by atoms with Gasteiger partial charge in [-0.25, -0.2) is 4.98 Å². The monoisotopic (exact) mass is 248 g/mol. The lowest BCUT2D eigenvalue weighted by molar-refractivity contribution is 0.523. The molecule has 0 radical (unpaired) electrons. The van der Waals surface area contributed by atoms with Crippen LogP contribution in [-0.4, -0.2) is 14.5 Å². The molecule has 4 nitrogen and oxygen atoms in total. The number of imidazole rings is 1. The maximum absolute atomic E-state index is 4.40. The van der Waals surface area contributed by atoms with E-state index >= 15 is 0 Å². The number of nitrogens with one attached hydrogen (secondary N) is 1. The summed E-state index contributed by atoms with van der Waals surface area (Å²) < 4.78 is 2.29. The zero-order valence-electron chi connectivity index (χ0n) is 9.67. The van der Waals surface area contributed by atoms with Crippen LogP contribution in [0, 0.1) is 0 Å². The molecule has 0 bridgehead atoms. The van der Waals surface area contributed by atoms with Gasteiger partial charge in [-0.15, -0.1) is 11.3 Å². The van der Waals surface area contributed by atoms with Crippen LogP contribution in [0.3, 0.4) is 0 Å². The van der Waals surface area contributed by atoms with E-state index < -0.39 is 0 Å². The molecule has 0 atom stereocenters. The molecule has 2 aromatic heterocycles. The van der Waals surface area contributed by atoms with Gasteiger partial charge in [-0.1, -0.05) is 12.8 Å². The van der Waals surface area contributed by atoms with Gasteiger partial charge in [-0.3, -0.25) is 4.98 Å². The molecular weight excluding hydrogens is 232 g/mol. The van der Waals surface area contributed by atoms with E-state index in [0.717, 1.165) is 12.5 Å². The van der Waals surface area contributed by atoms with Gasteiger partial charge in [0.25, 0.3) is 0 Å². The Labute approximate surface area is 105 Å². The first-order valence-electron chi connectivity index (χ1n) is 6.07. The van der Waals surface area contributed by atoms with Crippen molar-refractivity contribution in [2.24, 2.45) is 0 Å². The average molecular weight is 248 g/mol. The Hall–Kier alpha value is -1.36. The second kappa shape index (κ2) is 4.87. The molecule has 0 spiro atoms. The van der Waals surface area contributed by atoms with E-state index in [2.05, 4.69) is 26.0 Å². The molecule has 1 fully saturated rings. The van der Waals surface area contributed by atoms with E-state index in [1.807, 2.05) is 17.9 Å². The lowest BCUT2D eigenvalue weighted by atomic mass is 10.2. The molecule has 0 unspecified atom stereocenters. The maximum atomic E-state index is 4.40. The molecule has 17 heavy (non-hydrogen) atoms. The van der Waals surface area contributed by atoms with Crippen LogP contribution < -0.4 is 5.32 Å². The van der Waals surface area contributed by atoms with Gasteiger partial charge in [0.05, 0.1) is 12.1 Å². The summed E-state index contributed by atoms with van der Waals surface area (Å²) in [5.41, 5.74) is 1.86. The highest BCUT2D eigenvalue weighted by Crippen LogP contribution is 2.31. The zero-order valence-corrected chi connectivity index (χ0v) is 10.5. The van der Waals surface area contributed by atoms with Gasteiger partial charge in [-0.05, 0) is 12.8 Å². The third-order valence-electron chi connectivity index (χ3n) is 3.29. The lowest BCUT2D eigenvalue weighted by Crippen LogP contribution is -2.10. The molecule has 0 aromatic carbocycles. The summed E-state index contributed by atoms with van der Waals surface area (Å²) in [7, 11) is 0. The van der Waals surface area contributed by atoms with Crippen LogP contribution in [-0.2, 0) is 6.54 Å². The Balaban J connectivity index is 1.68. The van der Waals surface area contributed by atoms with E-state index in [1.54, 1.807) is 11.3 Å². The highest BCUT2D eigenvalue weighted by molar-refractivity contribution is 7.09. The van der Waals surface area contributed by atoms with Crippen molar-refractivity contribution in [3.05, 3.63) is 29.0 Å². The maximum Gasteiger partial charge on any atom is 0.203 e. The third-order valence-corrected chi connectivity index (χ3v) is 4.07. The van der Waals surface area contributed by atoms with Crippen LogP contribution in [0.2, 0.25) is 0 Å². The van der Waals surface area contributed by atoms with E-state index in [9.17, 15) is 0 Å². The Bertz CT molecular complexity index is 457. The van der Waals surface area contributed by atoms with Crippen molar-refractivity contribution in [1.29, 1.82) is 0 Å². The van der Waals surface area contributed by atoms with Crippen LogP contribution in [0.4, 0.5) is 5.95 Å². The molecule has 2 heterocycles. The van der Waals surface area contributed by atoms with Gasteiger partial charge in [0.15, 0.2) is 0 Å². The first-order valence-corrected chi connectivity index (χ1v) is 6.95. The van der Waals surface area contributed by atoms with E-state index in [-0.39, 0.29) is 0 Å². The normalized spacial score (nSPS) is 16.5. The topological polar surface area (TPSA) is 42.7 Å². The Morgan fingerprint density at radius 1 is 1.41 bits per heavy atom. The largest absolute Gasteiger partial charge is 0.351 e. The lowest BCUT2D eigenvalue weighted by Gasteiger charge is -2.15. The van der Waals surface area contributed by atoms with Crippen molar-refractivity contribution in [2.45, 2.75) is 38.3 Å². The van der Waals surface area contributed by atoms with Crippen molar-refractivity contribution < 1.29 is 0 Å². The van der Waals surface area contributed by atoms with Crippen LogP contribution >= 0.6 is 11.3 Å². The summed E-state index contributed by atoms with van der Waals surface area (Å²) in [5.74, 6) is 0.991. The van der Waals surface area contributed by atoms with Crippen molar-refractivity contribution in [1.82, 2.24) is 14.5 Å². The first kappa shape index (κ1) is 10.8. The minimum atomic E-state index is 0.640. The van der Waals surface area contributed by atoms with Crippen molar-refractivity contribution in [2.75, 3.05) is 5.32 Å². The van der Waals surface area contributed by atoms with Gasteiger partial charge >= 0.3 is 0 Å². The van der Waals surface area contributed by atoms with Crippen molar-refractivity contribution in [3.8, 4) is 0 Å². The average Bonchev–Trinajstić information content (AvgIpc) is 3.09. The fourth-order valence-corrected chi connectivity index (χ4v) is 2.96. The van der Waals surface area contributed by atoms with Crippen molar-refractivity contribution >= 4 is 17.3 Å². The van der Waals surface area contributed by atoms with Crippen LogP contribution in [0.25, 0.3) is 0 Å². The summed E-state index contributed by atoms with van der Waals surface area (Å²) in [6.45, 7) is 0.814. The molecule has 1 aliphatic carbocycles. The summed E-state index contributed by atoms with van der Waals surface area (Å²) >= 11 is 1.67. The Morgan fingerprint density at radius 3 is 3.06 bits per heavy atom. The van der Waals surface area contributed by atoms with Crippen LogP contribution in [0.5, 0.6) is 0 Å². The summed E-state index contributed by atoms with van der Waals surface area (Å²) in [4.78, 5) is 9.71. The standard InChI is InChI=1S/C12H16N4S/c1-2-4-10(3-1)16-6-5-14-12(16)15-8-11-7-13-9-17-11/h5-7,9-10H,1-4,8H2,(H,14,15). The van der Waals surface area contributed by atoms with Crippen LogP contribution in [0.15, 0.2) is 24.1 Å². The summed E-state index contributed by atoms with van der Waals surface area (Å²) in [6.07, 6.45) is 11.1. The second-order valence-corrected chi connectivity index (χ2v) is 5.39. The fourth-order valence-electron chi connectivity index (χ4n) is 2.42. The number of hydrogen-bond donors (Lipinski definition) is 1. The van der Waals surface area contributed by atoms with E-state index in [4.69, 9.17) is 0 Å². The third kappa shape index (κ3) is 2.34. The van der Waals surface area contributed by atoms with Gasteiger partial charge in [0.1, 0.15) is 0 Å². The molecule has 1 aliphatic rings. The minimum absolute atomic E-state index is 0.640. The van der Waals surface area contributed by atoms with E-state index in [1.165, 1.54) is 30.6 Å². The molecule has 5 heteroatoms. The predicted molar refractivity (Wildman–Crippen MR) is 69.2 cm³/mol. The molecular formula is C12H16N4S. The molecule has 1 saturated carbocycles. The van der Waals surface area contributed by atoms with Gasteiger partial charge in [0.2, 0.25) is 5.95 Å². The Kier molecular flexibility index (Phi) is 3.09. The molecule has 2 aromatic rings. The smallest absolute Gasteiger partial charge is 0.203 e. The van der Waals surface area contributed by atoms with Gasteiger partial charge in [0, 0.05) is 29.5 Å². The zero-order chi connectivity index (χ0) is 11.5. The Morgan fingerprint density at radius 2 is 2.29 bits per heavy atom. The van der Waals surface area contributed by atoms with Crippen LogP contribution in [0.1, 0.15) is 36.6 Å². The summed E-state index contributed by atoms with van der Waals surface area (Å²) in [5, 5.41) is 3.39. The highest BCUT2D eigenvalue weighted by Gasteiger charge is 2.18. The quantitative estimate of drug-likeness (QED) is 0.904. The molecule has 1 N–H and O–H groups in total. The molecule has 0 aliphatic heterocycles. The highest BCUT2D eigenvalue weighted by atomic mass is 32.1. The molecule has 0 amide bonds. The molecule has 0 saturated heterocycles. The van der Waals surface area contributed by atoms with Gasteiger partial charge < -0.3 is 9.88 Å².